The summed E-state index contributed by atoms with van der Waals surface area (Å²) >= 11 is 0. The Balaban J connectivity index is 0.670. The summed E-state index contributed by atoms with van der Waals surface area (Å²) in [7, 11) is 0. The van der Waals surface area contributed by atoms with Crippen LogP contribution in [0.15, 0.2) is 352 Å². The van der Waals surface area contributed by atoms with Crippen LogP contribution in [-0.2, 0) is 27.1 Å². The first-order valence-corrected chi connectivity index (χ1v) is 38.8. The summed E-state index contributed by atoms with van der Waals surface area (Å²) < 4.78 is 0. The minimum Gasteiger partial charge on any atom is -0.310 e. The fraction of sp³-hybridized carbons (Fsp3) is 0.103. The third-order valence-electron chi connectivity index (χ3n) is 26.6. The molecule has 2 spiro atoms. The average molecular weight is 1390 g/mol. The van der Waals surface area contributed by atoms with Crippen molar-refractivity contribution < 1.29 is 0 Å². The Labute approximate surface area is 638 Å². The number of hydrogen-bond acceptors (Lipinski definition) is 2. The van der Waals surface area contributed by atoms with Gasteiger partial charge in [0.05, 0.1) is 27.9 Å². The molecule has 0 aromatic heterocycles. The third-order valence-corrected chi connectivity index (χ3v) is 26.6. The molecule has 0 saturated carbocycles. The van der Waals surface area contributed by atoms with Gasteiger partial charge in [0.1, 0.15) is 0 Å². The van der Waals surface area contributed by atoms with Crippen molar-refractivity contribution in [2.45, 2.75) is 68.6 Å². The Bertz CT molecular complexity index is 6640. The number of anilines is 6. The summed E-state index contributed by atoms with van der Waals surface area (Å²) in [5.41, 5.74) is 46.7. The number of hydrogen-bond donors (Lipinski definition) is 0. The predicted molar refractivity (Wildman–Crippen MR) is 452 cm³/mol. The zero-order valence-electron chi connectivity index (χ0n) is 61.9. The molecule has 7 aliphatic rings. The first-order chi connectivity index (χ1) is 53.4. The Morgan fingerprint density at radius 3 is 0.945 bits per heavy atom. The van der Waals surface area contributed by atoms with Crippen LogP contribution in [0.2, 0.25) is 0 Å². The van der Waals surface area contributed by atoms with E-state index in [1.165, 1.54) is 178 Å². The summed E-state index contributed by atoms with van der Waals surface area (Å²) in [6, 6.07) is 135. The van der Waals surface area contributed by atoms with E-state index in [2.05, 4.69) is 403 Å². The topological polar surface area (TPSA) is 6.48 Å². The van der Waals surface area contributed by atoms with Gasteiger partial charge in [-0.15, -0.1) is 0 Å². The standard InChI is InChI=1S/C107H76N2/c1-103(2)86-41-16-7-31-72(86)80-56-53-70(64-97(80)103)108(99-50-26-39-81-75-34-8-17-42-87(75)104(3,4)101(81)99)68-54-58-96-84(62-68)78-37-14-23-48-93(78)107(96)91-46-21-12-36-77(91)83-61-66(52-57-94(83)107)65-28-25-29-67(60-65)71-30-15-24-49-98(71)109(100-51-27-40-82-76-35-9-18-43-88(76)105(5,6)102(82)100)69-55-59-95-85(63-69)79-38-13-22-47-92(79)106(95)89-44-19-10-32-73(89)74-33-11-20-45-90(74)106/h7-64H,1-6H3. The van der Waals surface area contributed by atoms with Gasteiger partial charge >= 0.3 is 0 Å². The van der Waals surface area contributed by atoms with Crippen molar-refractivity contribution in [2.75, 3.05) is 9.80 Å². The van der Waals surface area contributed by atoms with Gasteiger partial charge in [-0.05, 0) is 239 Å². The summed E-state index contributed by atoms with van der Waals surface area (Å²) in [5, 5.41) is 0. The van der Waals surface area contributed by atoms with Gasteiger partial charge in [-0.2, -0.15) is 0 Å². The van der Waals surface area contributed by atoms with E-state index in [0.717, 1.165) is 33.9 Å². The van der Waals surface area contributed by atoms with Crippen LogP contribution in [-0.4, -0.2) is 0 Å². The van der Waals surface area contributed by atoms with E-state index >= 15 is 0 Å². The molecule has 0 fully saturated rings. The molecule has 23 rings (SSSR count). The summed E-state index contributed by atoms with van der Waals surface area (Å²) in [6.45, 7) is 14.5. The fourth-order valence-corrected chi connectivity index (χ4v) is 22.1. The molecule has 0 radical (unpaired) electrons. The second kappa shape index (κ2) is 22.1. The third kappa shape index (κ3) is 8.05. The number of benzene rings is 16. The van der Waals surface area contributed by atoms with Gasteiger partial charge in [-0.3, -0.25) is 0 Å². The lowest BCUT2D eigenvalue weighted by molar-refractivity contribution is 0.658. The van der Waals surface area contributed by atoms with Crippen LogP contribution < -0.4 is 9.80 Å². The van der Waals surface area contributed by atoms with Gasteiger partial charge < -0.3 is 9.80 Å². The molecule has 16 aromatic carbocycles. The Hall–Kier alpha value is -12.9. The highest BCUT2D eigenvalue weighted by Gasteiger charge is 2.54. The van der Waals surface area contributed by atoms with Gasteiger partial charge in [0.2, 0.25) is 0 Å². The monoisotopic (exact) mass is 1390 g/mol. The maximum absolute atomic E-state index is 2.60. The Kier molecular flexibility index (Phi) is 12.7. The van der Waals surface area contributed by atoms with E-state index in [4.69, 9.17) is 0 Å². The van der Waals surface area contributed by atoms with Crippen LogP contribution >= 0.6 is 0 Å². The van der Waals surface area contributed by atoms with Crippen molar-refractivity contribution in [1.29, 1.82) is 0 Å². The van der Waals surface area contributed by atoms with Crippen LogP contribution in [0.4, 0.5) is 34.1 Å². The molecular formula is C107H76N2. The van der Waals surface area contributed by atoms with E-state index in [-0.39, 0.29) is 16.2 Å². The van der Waals surface area contributed by atoms with Crippen molar-refractivity contribution in [1.82, 2.24) is 0 Å². The molecule has 0 heterocycles. The fourth-order valence-electron chi connectivity index (χ4n) is 22.1. The lowest BCUT2D eigenvalue weighted by atomic mass is 9.70. The summed E-state index contributed by atoms with van der Waals surface area (Å²) in [4.78, 5) is 5.19. The highest BCUT2D eigenvalue weighted by Crippen LogP contribution is 2.67. The first kappa shape index (κ1) is 62.3. The Morgan fingerprint density at radius 1 is 0.165 bits per heavy atom. The average Bonchev–Trinajstić information content (AvgIpc) is 1.40. The maximum Gasteiger partial charge on any atom is 0.0725 e. The van der Waals surface area contributed by atoms with Gasteiger partial charge in [-0.1, -0.05) is 327 Å². The quantitative estimate of drug-likeness (QED) is 0.150. The predicted octanol–water partition coefficient (Wildman–Crippen LogP) is 27.6. The molecule has 1 atom stereocenters. The molecule has 0 saturated heterocycles. The zero-order chi connectivity index (χ0) is 72.6. The van der Waals surface area contributed by atoms with E-state index < -0.39 is 10.8 Å². The van der Waals surface area contributed by atoms with Crippen LogP contribution in [0.3, 0.4) is 0 Å². The lowest BCUT2D eigenvalue weighted by Crippen LogP contribution is -2.26. The molecule has 1 unspecified atom stereocenters. The minimum absolute atomic E-state index is 0.179. The van der Waals surface area contributed by atoms with Crippen LogP contribution in [0.5, 0.6) is 0 Å². The van der Waals surface area contributed by atoms with Gasteiger partial charge in [0.15, 0.2) is 0 Å². The molecule has 0 amide bonds. The SMILES string of the molecule is CC1(C)c2ccccc2-c2ccc(N(c3ccc4c(c3)-c3ccccc3C43c4ccccc4-c4cc(-c5cccc(-c6ccccc6N(c6ccc7c(c6)-c6ccccc6C76c7ccccc7-c7ccccc76)c6cccc7c6C(C)(C)c6ccccc6-7)c5)ccc43)c3cccc4c3C(C)(C)c3ccccc3-4)cc21. The molecule has 109 heavy (non-hydrogen) atoms. The van der Waals surface area contributed by atoms with Gasteiger partial charge in [0, 0.05) is 38.9 Å². The summed E-state index contributed by atoms with van der Waals surface area (Å²) in [5.74, 6) is 0. The van der Waals surface area contributed by atoms with Crippen molar-refractivity contribution in [3.05, 3.63) is 430 Å². The number of rotatable bonds is 8. The molecule has 514 valence electrons. The van der Waals surface area contributed by atoms with Crippen molar-refractivity contribution in [3.8, 4) is 100 Å². The van der Waals surface area contributed by atoms with Gasteiger partial charge in [0.25, 0.3) is 0 Å². The second-order valence-corrected chi connectivity index (χ2v) is 32.9. The number of para-hydroxylation sites is 1. The maximum atomic E-state index is 2.60. The van der Waals surface area contributed by atoms with Crippen molar-refractivity contribution >= 4 is 34.1 Å². The van der Waals surface area contributed by atoms with E-state index in [9.17, 15) is 0 Å². The van der Waals surface area contributed by atoms with Crippen molar-refractivity contribution in [2.24, 2.45) is 0 Å². The van der Waals surface area contributed by atoms with Crippen LogP contribution in [0.25, 0.3) is 100 Å². The van der Waals surface area contributed by atoms with E-state index in [1.807, 2.05) is 0 Å². The molecule has 2 nitrogen and oxygen atoms in total. The van der Waals surface area contributed by atoms with E-state index in [1.54, 1.807) is 0 Å². The Morgan fingerprint density at radius 2 is 0.459 bits per heavy atom. The molecule has 0 aliphatic heterocycles. The van der Waals surface area contributed by atoms with Crippen molar-refractivity contribution in [3.63, 3.8) is 0 Å². The zero-order valence-corrected chi connectivity index (χ0v) is 61.9. The molecule has 2 heteroatoms. The molecule has 0 bridgehead atoms. The molecule has 7 aliphatic carbocycles. The van der Waals surface area contributed by atoms with Gasteiger partial charge in [-0.25, -0.2) is 0 Å². The van der Waals surface area contributed by atoms with Crippen LogP contribution in [0.1, 0.15) is 119 Å². The number of nitrogens with zero attached hydrogens (tertiary/aromatic N) is 2. The highest BCUT2D eigenvalue weighted by atomic mass is 15.2. The first-order valence-electron chi connectivity index (χ1n) is 38.8. The highest BCUT2D eigenvalue weighted by molar-refractivity contribution is 6.03. The normalized spacial score (nSPS) is 16.3. The van der Waals surface area contributed by atoms with E-state index in [0.29, 0.717) is 0 Å². The molecular weight excluding hydrogens is 1310 g/mol. The number of fused-ring (bicyclic) bond motifs is 29. The second-order valence-electron chi connectivity index (χ2n) is 32.9. The molecule has 0 N–H and O–H groups in total. The van der Waals surface area contributed by atoms with Crippen LogP contribution in [0, 0.1) is 0 Å². The lowest BCUT2D eigenvalue weighted by Gasteiger charge is -2.34. The smallest absolute Gasteiger partial charge is 0.0725 e. The summed E-state index contributed by atoms with van der Waals surface area (Å²) in [6.07, 6.45) is 0. The largest absolute Gasteiger partial charge is 0.310 e. The molecule has 16 aromatic rings. The minimum atomic E-state index is -0.565.